The van der Waals surface area contributed by atoms with Gasteiger partial charge in [0.15, 0.2) is 0 Å². The van der Waals surface area contributed by atoms with Crippen LogP contribution in [-0.2, 0) is 5.41 Å². The van der Waals surface area contributed by atoms with Gasteiger partial charge in [-0.1, -0.05) is 67.1 Å². The summed E-state index contributed by atoms with van der Waals surface area (Å²) in [4.78, 5) is 0. The molecule has 0 amide bonds. The first-order valence-corrected chi connectivity index (χ1v) is 8.03. The van der Waals surface area contributed by atoms with Gasteiger partial charge in [0.2, 0.25) is 0 Å². The molecular formula is C16H24BrN. The van der Waals surface area contributed by atoms with Crippen molar-refractivity contribution < 1.29 is 0 Å². The number of nitrogens with one attached hydrogen (secondary N) is 1. The molecule has 100 valence electrons. The fraction of sp³-hybridized carbons (Fsp3) is 0.625. The average molecular weight is 310 g/mol. The van der Waals surface area contributed by atoms with Crippen LogP contribution in [0.25, 0.3) is 0 Å². The Hall–Kier alpha value is -0.340. The van der Waals surface area contributed by atoms with Crippen LogP contribution in [0.2, 0.25) is 0 Å². The summed E-state index contributed by atoms with van der Waals surface area (Å²) in [5.74, 6) is 0. The van der Waals surface area contributed by atoms with Crippen LogP contribution in [0.3, 0.4) is 0 Å². The van der Waals surface area contributed by atoms with Gasteiger partial charge in [-0.05, 0) is 24.1 Å². The number of halogens is 1. The third kappa shape index (κ3) is 3.36. The van der Waals surface area contributed by atoms with E-state index in [4.69, 9.17) is 0 Å². The highest BCUT2D eigenvalue weighted by Crippen LogP contribution is 2.34. The van der Waals surface area contributed by atoms with Crippen molar-refractivity contribution in [1.29, 1.82) is 0 Å². The number of rotatable bonds is 7. The van der Waals surface area contributed by atoms with Gasteiger partial charge in [0, 0.05) is 23.0 Å². The number of unbranched alkanes of at least 4 members (excludes halogenated alkanes) is 4. The van der Waals surface area contributed by atoms with E-state index >= 15 is 0 Å². The van der Waals surface area contributed by atoms with E-state index in [2.05, 4.69) is 52.4 Å². The van der Waals surface area contributed by atoms with Gasteiger partial charge in [-0.15, -0.1) is 0 Å². The number of benzene rings is 1. The van der Waals surface area contributed by atoms with Gasteiger partial charge in [0.1, 0.15) is 0 Å². The molecular weight excluding hydrogens is 286 g/mol. The Morgan fingerprint density at radius 3 is 2.28 bits per heavy atom. The summed E-state index contributed by atoms with van der Waals surface area (Å²) in [6.45, 7) is 4.59. The van der Waals surface area contributed by atoms with Crippen LogP contribution in [0.4, 0.5) is 0 Å². The lowest BCUT2D eigenvalue weighted by Gasteiger charge is -2.43. The molecule has 0 radical (unpaired) electrons. The zero-order chi connectivity index (χ0) is 12.8. The molecule has 1 saturated heterocycles. The molecule has 1 fully saturated rings. The zero-order valence-corrected chi connectivity index (χ0v) is 12.9. The maximum Gasteiger partial charge on any atom is 0.0202 e. The van der Waals surface area contributed by atoms with Crippen LogP contribution < -0.4 is 5.32 Å². The molecule has 2 rings (SSSR count). The van der Waals surface area contributed by atoms with E-state index in [0.29, 0.717) is 5.41 Å². The van der Waals surface area contributed by atoms with E-state index in [9.17, 15) is 0 Å². The van der Waals surface area contributed by atoms with Crippen LogP contribution in [0.1, 0.15) is 51.0 Å². The summed E-state index contributed by atoms with van der Waals surface area (Å²) in [5, 5.41) is 3.46. The summed E-state index contributed by atoms with van der Waals surface area (Å²) in [7, 11) is 0. The van der Waals surface area contributed by atoms with Crippen LogP contribution >= 0.6 is 15.9 Å². The fourth-order valence-corrected chi connectivity index (χ4v) is 3.09. The monoisotopic (exact) mass is 309 g/mol. The maximum absolute atomic E-state index is 3.52. The van der Waals surface area contributed by atoms with Crippen molar-refractivity contribution in [2.24, 2.45) is 0 Å². The Bertz CT molecular complexity index is 354. The normalized spacial score (nSPS) is 17.4. The highest BCUT2D eigenvalue weighted by Gasteiger charge is 2.37. The molecule has 0 aromatic heterocycles. The Morgan fingerprint density at radius 2 is 1.72 bits per heavy atom. The number of hydrogen-bond acceptors (Lipinski definition) is 1. The minimum Gasteiger partial charge on any atom is -0.315 e. The molecule has 0 aliphatic carbocycles. The van der Waals surface area contributed by atoms with Crippen molar-refractivity contribution in [3.05, 3.63) is 34.3 Å². The average Bonchev–Trinajstić information content (AvgIpc) is 2.33. The predicted octanol–water partition coefficient (Wildman–Crippen LogP) is 4.65. The molecule has 1 aromatic rings. The van der Waals surface area contributed by atoms with Crippen LogP contribution in [0, 0.1) is 0 Å². The van der Waals surface area contributed by atoms with E-state index in [-0.39, 0.29) is 0 Å². The molecule has 1 aromatic carbocycles. The van der Waals surface area contributed by atoms with E-state index in [1.165, 1.54) is 48.6 Å². The molecule has 1 N–H and O–H groups in total. The Labute approximate surface area is 119 Å². The van der Waals surface area contributed by atoms with Gasteiger partial charge in [0.25, 0.3) is 0 Å². The zero-order valence-electron chi connectivity index (χ0n) is 11.3. The maximum atomic E-state index is 3.52. The Kier molecular flexibility index (Phi) is 5.25. The molecule has 1 nitrogen and oxygen atoms in total. The number of hydrogen-bond donors (Lipinski definition) is 1. The second-order valence-corrected chi connectivity index (χ2v) is 6.47. The SMILES string of the molecule is CCCCCCCC1(c2ccc(Br)cc2)CNC1. The second-order valence-electron chi connectivity index (χ2n) is 5.55. The minimum absolute atomic E-state index is 0.424. The lowest BCUT2D eigenvalue weighted by Crippen LogP contribution is -2.56. The van der Waals surface area contributed by atoms with Gasteiger partial charge < -0.3 is 5.32 Å². The van der Waals surface area contributed by atoms with Gasteiger partial charge in [-0.3, -0.25) is 0 Å². The molecule has 0 spiro atoms. The topological polar surface area (TPSA) is 12.0 Å². The van der Waals surface area contributed by atoms with E-state index in [0.717, 1.165) is 13.1 Å². The summed E-state index contributed by atoms with van der Waals surface area (Å²) in [6.07, 6.45) is 8.23. The third-order valence-corrected chi connectivity index (χ3v) is 4.67. The van der Waals surface area contributed by atoms with Gasteiger partial charge in [-0.2, -0.15) is 0 Å². The van der Waals surface area contributed by atoms with Crippen molar-refractivity contribution in [1.82, 2.24) is 5.32 Å². The van der Waals surface area contributed by atoms with Crippen molar-refractivity contribution in [3.8, 4) is 0 Å². The first-order chi connectivity index (χ1) is 8.77. The molecule has 0 atom stereocenters. The third-order valence-electron chi connectivity index (χ3n) is 4.14. The molecule has 0 bridgehead atoms. The molecule has 1 heterocycles. The smallest absolute Gasteiger partial charge is 0.0202 e. The molecule has 1 aliphatic rings. The van der Waals surface area contributed by atoms with Crippen molar-refractivity contribution >= 4 is 15.9 Å². The highest BCUT2D eigenvalue weighted by atomic mass is 79.9. The van der Waals surface area contributed by atoms with Crippen LogP contribution in [0.5, 0.6) is 0 Å². The predicted molar refractivity (Wildman–Crippen MR) is 82.1 cm³/mol. The van der Waals surface area contributed by atoms with Crippen molar-refractivity contribution in [3.63, 3.8) is 0 Å². The molecule has 1 aliphatic heterocycles. The van der Waals surface area contributed by atoms with E-state index in [1.807, 2.05) is 0 Å². The van der Waals surface area contributed by atoms with Gasteiger partial charge in [-0.25, -0.2) is 0 Å². The summed E-state index contributed by atoms with van der Waals surface area (Å²) < 4.78 is 1.18. The van der Waals surface area contributed by atoms with Gasteiger partial charge >= 0.3 is 0 Å². The lowest BCUT2D eigenvalue weighted by molar-refractivity contribution is 0.249. The first kappa shape index (κ1) is 14.1. The largest absolute Gasteiger partial charge is 0.315 e. The molecule has 18 heavy (non-hydrogen) atoms. The Balaban J connectivity index is 1.88. The van der Waals surface area contributed by atoms with E-state index in [1.54, 1.807) is 0 Å². The summed E-state index contributed by atoms with van der Waals surface area (Å²) >= 11 is 3.52. The summed E-state index contributed by atoms with van der Waals surface area (Å²) in [6, 6.07) is 8.92. The Morgan fingerprint density at radius 1 is 1.06 bits per heavy atom. The summed E-state index contributed by atoms with van der Waals surface area (Å²) in [5.41, 5.74) is 1.94. The minimum atomic E-state index is 0.424. The van der Waals surface area contributed by atoms with Crippen LogP contribution in [-0.4, -0.2) is 13.1 Å². The highest BCUT2D eigenvalue weighted by molar-refractivity contribution is 9.10. The lowest BCUT2D eigenvalue weighted by atomic mass is 9.71. The second kappa shape index (κ2) is 6.72. The molecule has 0 saturated carbocycles. The fourth-order valence-electron chi connectivity index (χ4n) is 2.82. The van der Waals surface area contributed by atoms with Gasteiger partial charge in [0.05, 0.1) is 0 Å². The van der Waals surface area contributed by atoms with Crippen molar-refractivity contribution in [2.45, 2.75) is 50.9 Å². The molecule has 0 unspecified atom stereocenters. The first-order valence-electron chi connectivity index (χ1n) is 7.24. The standard InChI is InChI=1S/C16H24BrN/c1-2-3-4-5-6-11-16(12-18-13-16)14-7-9-15(17)10-8-14/h7-10,18H,2-6,11-13H2,1H3. The quantitative estimate of drug-likeness (QED) is 0.723. The van der Waals surface area contributed by atoms with Crippen molar-refractivity contribution in [2.75, 3.05) is 13.1 Å². The molecule has 2 heteroatoms. The van der Waals surface area contributed by atoms with Crippen LogP contribution in [0.15, 0.2) is 28.7 Å². The van der Waals surface area contributed by atoms with E-state index < -0.39 is 0 Å².